The second-order valence-corrected chi connectivity index (χ2v) is 10.7. The maximum atomic E-state index is 15.1. The van der Waals surface area contributed by atoms with E-state index in [0.717, 1.165) is 36.2 Å². The molecule has 2 saturated carbocycles. The molecule has 30 heavy (non-hydrogen) atoms. The van der Waals surface area contributed by atoms with Crippen molar-refractivity contribution in [2.45, 2.75) is 110 Å². The summed E-state index contributed by atoms with van der Waals surface area (Å²) < 4.78 is 15.1. The van der Waals surface area contributed by atoms with Crippen LogP contribution in [-0.4, -0.2) is 0 Å². The number of unbranched alkanes of at least 4 members (excludes halogenated alkanes) is 1. The number of fused-ring (bicyclic) bond motifs is 2. The number of hydrogen-bond donors (Lipinski definition) is 0. The summed E-state index contributed by atoms with van der Waals surface area (Å²) in [5.41, 5.74) is 3.72. The van der Waals surface area contributed by atoms with Crippen LogP contribution in [0.4, 0.5) is 4.39 Å². The summed E-state index contributed by atoms with van der Waals surface area (Å²) in [4.78, 5) is 0. The van der Waals surface area contributed by atoms with Crippen LogP contribution in [0, 0.1) is 29.5 Å². The van der Waals surface area contributed by atoms with E-state index in [2.05, 4.69) is 32.1 Å². The van der Waals surface area contributed by atoms with Crippen molar-refractivity contribution in [1.29, 1.82) is 0 Å². The first kappa shape index (κ1) is 22.1. The van der Waals surface area contributed by atoms with Gasteiger partial charge in [-0.15, -0.1) is 0 Å². The van der Waals surface area contributed by atoms with Gasteiger partial charge in [0.25, 0.3) is 0 Å². The van der Waals surface area contributed by atoms with Crippen molar-refractivity contribution in [3.8, 4) is 0 Å². The SMILES string of the molecule is C/C=C/CCC1CCC2CC(c3cc(F)c4c(c3)CCC(CCCC)C4)CCC2C1. The van der Waals surface area contributed by atoms with Crippen molar-refractivity contribution in [1.82, 2.24) is 0 Å². The lowest BCUT2D eigenvalue weighted by atomic mass is 9.63. The Labute approximate surface area is 184 Å². The lowest BCUT2D eigenvalue weighted by Crippen LogP contribution is -2.30. The van der Waals surface area contributed by atoms with Gasteiger partial charge in [-0.2, -0.15) is 0 Å². The van der Waals surface area contributed by atoms with E-state index in [-0.39, 0.29) is 5.82 Å². The lowest BCUT2D eigenvalue weighted by Gasteiger charge is -2.42. The van der Waals surface area contributed by atoms with E-state index in [1.54, 1.807) is 0 Å². The normalized spacial score (nSPS) is 31.5. The smallest absolute Gasteiger partial charge is 0.126 e. The maximum Gasteiger partial charge on any atom is 0.126 e. The molecule has 1 heteroatoms. The van der Waals surface area contributed by atoms with Gasteiger partial charge in [-0.1, -0.05) is 50.8 Å². The van der Waals surface area contributed by atoms with E-state index in [4.69, 9.17) is 0 Å². The Morgan fingerprint density at radius 2 is 1.80 bits per heavy atom. The summed E-state index contributed by atoms with van der Waals surface area (Å²) in [7, 11) is 0. The average Bonchev–Trinajstić information content (AvgIpc) is 2.77. The molecule has 0 radical (unpaired) electrons. The molecule has 0 aromatic heterocycles. The van der Waals surface area contributed by atoms with Crippen LogP contribution in [-0.2, 0) is 12.8 Å². The highest BCUT2D eigenvalue weighted by molar-refractivity contribution is 5.37. The molecule has 5 atom stereocenters. The third-order valence-electron chi connectivity index (χ3n) is 8.76. The Balaban J connectivity index is 1.37. The minimum Gasteiger partial charge on any atom is -0.207 e. The number of aryl methyl sites for hydroxylation is 1. The molecule has 0 amide bonds. The molecule has 0 aliphatic heterocycles. The average molecular weight is 411 g/mol. The predicted octanol–water partition coefficient (Wildman–Crippen LogP) is 8.78. The molecule has 0 bridgehead atoms. The summed E-state index contributed by atoms with van der Waals surface area (Å²) >= 11 is 0. The zero-order valence-corrected chi connectivity index (χ0v) is 19.5. The van der Waals surface area contributed by atoms with Gasteiger partial charge in [-0.3, -0.25) is 0 Å². The van der Waals surface area contributed by atoms with Gasteiger partial charge in [-0.05, 0) is 123 Å². The van der Waals surface area contributed by atoms with Gasteiger partial charge >= 0.3 is 0 Å². The van der Waals surface area contributed by atoms with Crippen molar-refractivity contribution in [3.63, 3.8) is 0 Å². The third-order valence-corrected chi connectivity index (χ3v) is 8.76. The first-order chi connectivity index (χ1) is 14.7. The van der Waals surface area contributed by atoms with Crippen molar-refractivity contribution >= 4 is 0 Å². The molecule has 1 aromatic carbocycles. The quantitative estimate of drug-likeness (QED) is 0.394. The second-order valence-electron chi connectivity index (χ2n) is 10.7. The van der Waals surface area contributed by atoms with Gasteiger partial charge in [-0.25, -0.2) is 4.39 Å². The lowest BCUT2D eigenvalue weighted by molar-refractivity contribution is 0.115. The molecule has 3 aliphatic carbocycles. The summed E-state index contributed by atoms with van der Waals surface area (Å²) in [6.45, 7) is 4.39. The fourth-order valence-electron chi connectivity index (χ4n) is 6.94. The molecule has 0 N–H and O–H groups in total. The molecule has 5 unspecified atom stereocenters. The van der Waals surface area contributed by atoms with Crippen LogP contribution >= 0.6 is 0 Å². The standard InChI is InChI=1S/C29H43F/c1-3-5-7-9-21-10-12-24-18-25(15-14-23(24)16-21)27-19-26-13-11-22(8-6-4-2)17-28(26)29(30)20-27/h3,5,19-25H,4,6-18H2,1-2H3/b5-3+. The van der Waals surface area contributed by atoms with Crippen molar-refractivity contribution in [2.24, 2.45) is 23.7 Å². The Morgan fingerprint density at radius 3 is 2.63 bits per heavy atom. The van der Waals surface area contributed by atoms with E-state index in [0.29, 0.717) is 11.8 Å². The van der Waals surface area contributed by atoms with Gasteiger partial charge in [0.1, 0.15) is 5.82 Å². The number of rotatable bonds is 7. The molecular formula is C29H43F. The Hall–Kier alpha value is -1.11. The molecule has 0 spiro atoms. The topological polar surface area (TPSA) is 0 Å². The van der Waals surface area contributed by atoms with Gasteiger partial charge in [0, 0.05) is 0 Å². The van der Waals surface area contributed by atoms with E-state index < -0.39 is 0 Å². The van der Waals surface area contributed by atoms with E-state index >= 15 is 4.39 Å². The molecule has 0 nitrogen and oxygen atoms in total. The van der Waals surface area contributed by atoms with Crippen LogP contribution in [0.15, 0.2) is 24.3 Å². The third kappa shape index (κ3) is 5.20. The number of benzene rings is 1. The van der Waals surface area contributed by atoms with Crippen LogP contribution in [0.5, 0.6) is 0 Å². The van der Waals surface area contributed by atoms with Crippen molar-refractivity contribution in [3.05, 3.63) is 46.8 Å². The largest absolute Gasteiger partial charge is 0.207 e. The molecule has 2 fully saturated rings. The van der Waals surface area contributed by atoms with Crippen molar-refractivity contribution in [2.75, 3.05) is 0 Å². The molecule has 4 rings (SSSR count). The van der Waals surface area contributed by atoms with E-state index in [1.165, 1.54) is 88.2 Å². The van der Waals surface area contributed by atoms with Gasteiger partial charge in [0.15, 0.2) is 0 Å². The Bertz CT molecular complexity index is 717. The maximum absolute atomic E-state index is 15.1. The Kier molecular flexibility index (Phi) is 7.71. The summed E-state index contributed by atoms with van der Waals surface area (Å²) in [6, 6.07) is 4.36. The Morgan fingerprint density at radius 1 is 0.967 bits per heavy atom. The second kappa shape index (κ2) is 10.5. The number of halogens is 1. The predicted molar refractivity (Wildman–Crippen MR) is 126 cm³/mol. The van der Waals surface area contributed by atoms with Crippen LogP contribution in [0.2, 0.25) is 0 Å². The van der Waals surface area contributed by atoms with Crippen LogP contribution in [0.3, 0.4) is 0 Å². The highest BCUT2D eigenvalue weighted by Crippen LogP contribution is 2.49. The van der Waals surface area contributed by atoms with Crippen LogP contribution in [0.25, 0.3) is 0 Å². The molecule has 3 aliphatic rings. The molecule has 166 valence electrons. The minimum atomic E-state index is 0.110. The number of hydrogen-bond acceptors (Lipinski definition) is 0. The molecule has 1 aromatic rings. The summed E-state index contributed by atoms with van der Waals surface area (Å²) in [5, 5.41) is 0. The number of allylic oxidation sites excluding steroid dienone is 2. The first-order valence-corrected chi connectivity index (χ1v) is 13.1. The summed E-state index contributed by atoms with van der Waals surface area (Å²) in [5.74, 6) is 4.19. The molecule has 0 saturated heterocycles. The van der Waals surface area contributed by atoms with E-state index in [1.807, 2.05) is 6.07 Å². The summed E-state index contributed by atoms with van der Waals surface area (Å²) in [6.07, 6.45) is 22.6. The fourth-order valence-corrected chi connectivity index (χ4v) is 6.94. The first-order valence-electron chi connectivity index (χ1n) is 13.1. The monoisotopic (exact) mass is 410 g/mol. The zero-order chi connectivity index (χ0) is 20.9. The van der Waals surface area contributed by atoms with Crippen LogP contribution < -0.4 is 0 Å². The minimum absolute atomic E-state index is 0.110. The zero-order valence-electron chi connectivity index (χ0n) is 19.5. The van der Waals surface area contributed by atoms with Gasteiger partial charge < -0.3 is 0 Å². The van der Waals surface area contributed by atoms with E-state index in [9.17, 15) is 0 Å². The van der Waals surface area contributed by atoms with Crippen LogP contribution in [0.1, 0.15) is 114 Å². The molecular weight excluding hydrogens is 367 g/mol. The van der Waals surface area contributed by atoms with Crippen molar-refractivity contribution < 1.29 is 4.39 Å². The highest BCUT2D eigenvalue weighted by atomic mass is 19.1. The van der Waals surface area contributed by atoms with Gasteiger partial charge in [0.05, 0.1) is 0 Å². The molecule has 0 heterocycles. The highest BCUT2D eigenvalue weighted by Gasteiger charge is 2.36. The van der Waals surface area contributed by atoms with Gasteiger partial charge in [0.2, 0.25) is 0 Å². The fraction of sp³-hybridized carbons (Fsp3) is 0.724.